The van der Waals surface area contributed by atoms with Gasteiger partial charge in [0.1, 0.15) is 5.75 Å². The van der Waals surface area contributed by atoms with Gasteiger partial charge in [0.15, 0.2) is 0 Å². The van der Waals surface area contributed by atoms with Gasteiger partial charge >= 0.3 is 5.97 Å². The molecule has 0 saturated carbocycles. The molecule has 0 heterocycles. The lowest BCUT2D eigenvalue weighted by atomic mass is 9.94. The van der Waals surface area contributed by atoms with Crippen LogP contribution >= 0.6 is 0 Å². The van der Waals surface area contributed by atoms with Crippen LogP contribution < -0.4 is 5.32 Å². The first-order valence-corrected chi connectivity index (χ1v) is 6.96. The normalized spacial score (nSPS) is 14.8. The van der Waals surface area contributed by atoms with Gasteiger partial charge in [-0.3, -0.25) is 4.79 Å². The van der Waals surface area contributed by atoms with Crippen molar-refractivity contribution < 1.29 is 15.0 Å². The maximum Gasteiger partial charge on any atom is 0.306 e. The van der Waals surface area contributed by atoms with Crippen LogP contribution in [0, 0.1) is 5.92 Å². The van der Waals surface area contributed by atoms with Crippen molar-refractivity contribution in [3.8, 4) is 5.75 Å². The second-order valence-electron chi connectivity index (χ2n) is 6.44. The molecule has 1 aromatic carbocycles. The van der Waals surface area contributed by atoms with Gasteiger partial charge in [-0.05, 0) is 51.3 Å². The van der Waals surface area contributed by atoms with Crippen molar-refractivity contribution in [3.05, 3.63) is 29.8 Å². The Hall–Kier alpha value is -1.55. The summed E-state index contributed by atoms with van der Waals surface area (Å²) in [4.78, 5) is 11.0. The van der Waals surface area contributed by atoms with Crippen molar-refractivity contribution in [2.45, 2.75) is 52.1 Å². The van der Waals surface area contributed by atoms with Crippen molar-refractivity contribution in [2.24, 2.45) is 5.92 Å². The van der Waals surface area contributed by atoms with Crippen LogP contribution in [0.1, 0.15) is 39.7 Å². The third-order valence-corrected chi connectivity index (χ3v) is 3.12. The van der Waals surface area contributed by atoms with Crippen LogP contribution in [0.5, 0.6) is 5.75 Å². The number of rotatable bonds is 6. The maximum absolute atomic E-state index is 11.0. The fourth-order valence-electron chi connectivity index (χ4n) is 2.25. The van der Waals surface area contributed by atoms with Gasteiger partial charge in [0.2, 0.25) is 0 Å². The molecule has 4 nitrogen and oxygen atoms in total. The number of carbonyl (C=O) groups is 1. The summed E-state index contributed by atoms with van der Waals surface area (Å²) in [6, 6.07) is 7.15. The van der Waals surface area contributed by atoms with Crippen LogP contribution in [0.4, 0.5) is 0 Å². The Kier molecular flexibility index (Phi) is 5.57. The number of carboxylic acid groups (broad SMARTS) is 1. The topological polar surface area (TPSA) is 69.6 Å². The molecule has 2 atom stereocenters. The van der Waals surface area contributed by atoms with Crippen molar-refractivity contribution in [1.82, 2.24) is 5.32 Å². The molecule has 0 aliphatic heterocycles. The second-order valence-corrected chi connectivity index (χ2v) is 6.44. The fraction of sp³-hybridized carbons (Fsp3) is 0.562. The number of carboxylic acids is 1. The highest BCUT2D eigenvalue weighted by Crippen LogP contribution is 2.17. The maximum atomic E-state index is 11.0. The molecule has 0 aliphatic carbocycles. The lowest BCUT2D eigenvalue weighted by Gasteiger charge is -2.30. The average molecular weight is 279 g/mol. The lowest BCUT2D eigenvalue weighted by molar-refractivity contribution is -0.141. The van der Waals surface area contributed by atoms with Gasteiger partial charge in [0.05, 0.1) is 5.92 Å². The minimum absolute atomic E-state index is 0.0696. The highest BCUT2D eigenvalue weighted by atomic mass is 16.4. The molecule has 112 valence electrons. The third-order valence-electron chi connectivity index (χ3n) is 3.12. The van der Waals surface area contributed by atoms with Crippen LogP contribution in [-0.4, -0.2) is 27.8 Å². The molecular formula is C16H25NO3. The van der Waals surface area contributed by atoms with E-state index in [2.05, 4.69) is 26.1 Å². The number of hydrogen-bond donors (Lipinski definition) is 3. The first kappa shape index (κ1) is 16.5. The Labute approximate surface area is 120 Å². The predicted molar refractivity (Wildman–Crippen MR) is 79.9 cm³/mol. The Balaban J connectivity index is 2.76. The molecule has 0 saturated heterocycles. The summed E-state index contributed by atoms with van der Waals surface area (Å²) >= 11 is 0. The molecule has 1 aromatic rings. The molecule has 0 radical (unpaired) electrons. The van der Waals surface area contributed by atoms with E-state index in [1.54, 1.807) is 19.1 Å². The fourth-order valence-corrected chi connectivity index (χ4v) is 2.25. The third kappa shape index (κ3) is 6.06. The molecule has 0 unspecified atom stereocenters. The summed E-state index contributed by atoms with van der Waals surface area (Å²) < 4.78 is 0. The number of benzene rings is 1. The predicted octanol–water partition coefficient (Wildman–Crippen LogP) is 2.80. The van der Waals surface area contributed by atoms with E-state index in [9.17, 15) is 9.90 Å². The Morgan fingerprint density at radius 1 is 1.25 bits per heavy atom. The molecule has 0 aromatic heterocycles. The van der Waals surface area contributed by atoms with E-state index in [0.717, 1.165) is 12.0 Å². The molecule has 1 rings (SSSR count). The Morgan fingerprint density at radius 2 is 1.80 bits per heavy atom. The Bertz CT molecular complexity index is 434. The lowest BCUT2D eigenvalue weighted by Crippen LogP contribution is -2.45. The number of aromatic hydroxyl groups is 1. The van der Waals surface area contributed by atoms with Crippen molar-refractivity contribution in [1.29, 1.82) is 0 Å². The van der Waals surface area contributed by atoms with Crippen molar-refractivity contribution in [2.75, 3.05) is 0 Å². The zero-order chi connectivity index (χ0) is 15.3. The van der Waals surface area contributed by atoms with Crippen LogP contribution in [-0.2, 0) is 11.2 Å². The number of phenolic OH excluding ortho intramolecular Hbond substituents is 1. The summed E-state index contributed by atoms with van der Waals surface area (Å²) in [5, 5.41) is 21.9. The largest absolute Gasteiger partial charge is 0.508 e. The molecule has 0 amide bonds. The van der Waals surface area contributed by atoms with E-state index in [0.29, 0.717) is 6.42 Å². The first-order chi connectivity index (χ1) is 9.17. The number of nitrogens with one attached hydrogen (secondary N) is 1. The van der Waals surface area contributed by atoms with Gasteiger partial charge in [-0.2, -0.15) is 0 Å². The molecule has 0 aliphatic rings. The zero-order valence-electron chi connectivity index (χ0n) is 12.7. The smallest absolute Gasteiger partial charge is 0.306 e. The van der Waals surface area contributed by atoms with Crippen LogP contribution in [0.2, 0.25) is 0 Å². The van der Waals surface area contributed by atoms with Crippen LogP contribution in [0.3, 0.4) is 0 Å². The number of hydrogen-bond acceptors (Lipinski definition) is 3. The second kappa shape index (κ2) is 6.75. The Morgan fingerprint density at radius 3 is 2.25 bits per heavy atom. The van der Waals surface area contributed by atoms with E-state index in [4.69, 9.17) is 5.11 Å². The number of aliphatic carboxylic acids is 1. The van der Waals surface area contributed by atoms with E-state index >= 15 is 0 Å². The first-order valence-electron chi connectivity index (χ1n) is 6.96. The molecule has 20 heavy (non-hydrogen) atoms. The van der Waals surface area contributed by atoms with Gasteiger partial charge in [-0.15, -0.1) is 0 Å². The summed E-state index contributed by atoms with van der Waals surface area (Å²) in [7, 11) is 0. The number of phenols is 1. The van der Waals surface area contributed by atoms with Crippen LogP contribution in [0.25, 0.3) is 0 Å². The molecule has 4 heteroatoms. The van der Waals surface area contributed by atoms with Gasteiger partial charge in [-0.25, -0.2) is 0 Å². The van der Waals surface area contributed by atoms with Gasteiger partial charge in [0.25, 0.3) is 0 Å². The minimum atomic E-state index is -0.767. The van der Waals surface area contributed by atoms with E-state index in [1.807, 2.05) is 12.1 Å². The zero-order valence-corrected chi connectivity index (χ0v) is 12.7. The quantitative estimate of drug-likeness (QED) is 0.749. The van der Waals surface area contributed by atoms with Gasteiger partial charge in [-0.1, -0.05) is 19.1 Å². The SMILES string of the molecule is C[C@@H](C[C@H](Cc1ccc(O)cc1)NC(C)(C)C)C(=O)O. The summed E-state index contributed by atoms with van der Waals surface area (Å²) in [5.41, 5.74) is 1.02. The molecular weight excluding hydrogens is 254 g/mol. The molecule has 0 fully saturated rings. The van der Waals surface area contributed by atoms with Crippen molar-refractivity contribution >= 4 is 5.97 Å². The highest BCUT2D eigenvalue weighted by Gasteiger charge is 2.22. The van der Waals surface area contributed by atoms with Gasteiger partial charge < -0.3 is 15.5 Å². The monoisotopic (exact) mass is 279 g/mol. The summed E-state index contributed by atoms with van der Waals surface area (Å²) in [6.45, 7) is 7.95. The highest BCUT2D eigenvalue weighted by molar-refractivity contribution is 5.69. The van der Waals surface area contributed by atoms with Gasteiger partial charge in [0, 0.05) is 11.6 Å². The standard InChI is InChI=1S/C16H25NO3/c1-11(15(19)20)9-13(17-16(2,3)4)10-12-5-7-14(18)8-6-12/h5-8,11,13,17-18H,9-10H2,1-4H3,(H,19,20)/t11-,13+/m0/s1. The summed E-state index contributed by atoms with van der Waals surface area (Å²) in [6.07, 6.45) is 1.32. The van der Waals surface area contributed by atoms with E-state index < -0.39 is 5.97 Å². The summed E-state index contributed by atoms with van der Waals surface area (Å²) in [5.74, 6) is -0.906. The van der Waals surface area contributed by atoms with Crippen molar-refractivity contribution in [3.63, 3.8) is 0 Å². The van der Waals surface area contributed by atoms with E-state index in [-0.39, 0.29) is 23.2 Å². The molecule has 0 bridgehead atoms. The van der Waals surface area contributed by atoms with E-state index in [1.165, 1.54) is 0 Å². The average Bonchev–Trinajstić information content (AvgIpc) is 2.29. The minimum Gasteiger partial charge on any atom is -0.508 e. The van der Waals surface area contributed by atoms with Crippen LogP contribution in [0.15, 0.2) is 24.3 Å². The molecule has 3 N–H and O–H groups in total. The molecule has 0 spiro atoms.